The van der Waals surface area contributed by atoms with E-state index in [-0.39, 0.29) is 17.9 Å². The van der Waals surface area contributed by atoms with Crippen molar-refractivity contribution in [3.8, 4) is 0 Å². The maximum Gasteiger partial charge on any atom is 0.243 e. The van der Waals surface area contributed by atoms with E-state index in [0.29, 0.717) is 19.4 Å². The van der Waals surface area contributed by atoms with Gasteiger partial charge in [0, 0.05) is 30.5 Å². The van der Waals surface area contributed by atoms with E-state index in [4.69, 9.17) is 0 Å². The van der Waals surface area contributed by atoms with Crippen LogP contribution in [0.1, 0.15) is 68.6 Å². The molecule has 4 nitrogen and oxygen atoms in total. The van der Waals surface area contributed by atoms with Gasteiger partial charge in [0.05, 0.1) is 0 Å². The van der Waals surface area contributed by atoms with Gasteiger partial charge in [0.2, 0.25) is 11.8 Å². The first-order valence-corrected chi connectivity index (χ1v) is 13.5. The van der Waals surface area contributed by atoms with Gasteiger partial charge in [0.25, 0.3) is 0 Å². The van der Waals surface area contributed by atoms with Crippen LogP contribution in [0, 0.1) is 6.92 Å². The highest BCUT2D eigenvalue weighted by Gasteiger charge is 2.30. The Balaban J connectivity index is 1.64. The van der Waals surface area contributed by atoms with E-state index in [9.17, 15) is 9.59 Å². The molecular weight excluding hydrogens is 428 g/mol. The van der Waals surface area contributed by atoms with Gasteiger partial charge in [-0.05, 0) is 37.3 Å². The lowest BCUT2D eigenvalue weighted by Crippen LogP contribution is -2.51. The van der Waals surface area contributed by atoms with Gasteiger partial charge in [-0.3, -0.25) is 9.59 Å². The first-order valence-electron chi connectivity index (χ1n) is 12.3. The summed E-state index contributed by atoms with van der Waals surface area (Å²) in [5, 5.41) is 3.25. The lowest BCUT2D eigenvalue weighted by molar-refractivity contribution is -0.141. The molecule has 178 valence electrons. The zero-order valence-electron chi connectivity index (χ0n) is 20.1. The summed E-state index contributed by atoms with van der Waals surface area (Å²) in [4.78, 5) is 28.4. The van der Waals surface area contributed by atoms with E-state index in [2.05, 4.69) is 48.6 Å². The van der Waals surface area contributed by atoms with E-state index in [1.807, 2.05) is 30.0 Å². The number of nitrogens with one attached hydrogen (secondary N) is 1. The van der Waals surface area contributed by atoms with Crippen LogP contribution in [0.5, 0.6) is 0 Å². The van der Waals surface area contributed by atoms with Crippen molar-refractivity contribution in [2.24, 2.45) is 0 Å². The summed E-state index contributed by atoms with van der Waals surface area (Å²) >= 11 is 1.77. The Morgan fingerprint density at radius 2 is 1.70 bits per heavy atom. The molecule has 1 aliphatic carbocycles. The van der Waals surface area contributed by atoms with Crippen LogP contribution < -0.4 is 5.32 Å². The number of benzene rings is 2. The summed E-state index contributed by atoms with van der Waals surface area (Å²) in [5.74, 6) is 1.70. The molecule has 33 heavy (non-hydrogen) atoms. The van der Waals surface area contributed by atoms with Gasteiger partial charge in [-0.25, -0.2) is 0 Å². The molecule has 1 N–H and O–H groups in total. The smallest absolute Gasteiger partial charge is 0.243 e. The SMILES string of the molecule is CCC(C(=O)NC1CCCCC1)N(Cc1ccc(C)cc1)C(=O)CCSCc1ccccc1. The second-order valence-electron chi connectivity index (χ2n) is 9.06. The fourth-order valence-corrected chi connectivity index (χ4v) is 5.31. The number of carbonyl (C=O) groups excluding carboxylic acids is 2. The summed E-state index contributed by atoms with van der Waals surface area (Å²) in [6, 6.07) is 18.4. The van der Waals surface area contributed by atoms with Crippen LogP contribution in [-0.4, -0.2) is 34.6 Å². The molecule has 1 saturated carbocycles. The maximum absolute atomic E-state index is 13.4. The van der Waals surface area contributed by atoms with Crippen molar-refractivity contribution in [1.29, 1.82) is 0 Å². The molecule has 0 heterocycles. The molecule has 1 unspecified atom stereocenters. The van der Waals surface area contributed by atoms with Gasteiger partial charge < -0.3 is 10.2 Å². The topological polar surface area (TPSA) is 49.4 Å². The van der Waals surface area contributed by atoms with E-state index in [1.165, 1.54) is 30.4 Å². The quantitative estimate of drug-likeness (QED) is 0.421. The summed E-state index contributed by atoms with van der Waals surface area (Å²) in [6.45, 7) is 4.53. The zero-order valence-corrected chi connectivity index (χ0v) is 20.9. The molecule has 3 rings (SSSR count). The molecule has 0 aromatic heterocycles. The van der Waals surface area contributed by atoms with Crippen LogP contribution >= 0.6 is 11.8 Å². The number of rotatable bonds is 11. The zero-order chi connectivity index (χ0) is 23.5. The molecule has 2 aromatic carbocycles. The minimum atomic E-state index is -0.431. The monoisotopic (exact) mass is 466 g/mol. The normalized spacial score (nSPS) is 15.1. The largest absolute Gasteiger partial charge is 0.352 e. The highest BCUT2D eigenvalue weighted by molar-refractivity contribution is 7.98. The van der Waals surface area contributed by atoms with Gasteiger partial charge in [0.15, 0.2) is 0 Å². The number of hydrogen-bond acceptors (Lipinski definition) is 3. The summed E-state index contributed by atoms with van der Waals surface area (Å²) in [7, 11) is 0. The average Bonchev–Trinajstić information content (AvgIpc) is 2.84. The van der Waals surface area contributed by atoms with E-state index >= 15 is 0 Å². The van der Waals surface area contributed by atoms with Crippen LogP contribution in [0.25, 0.3) is 0 Å². The van der Waals surface area contributed by atoms with E-state index in [0.717, 1.165) is 29.9 Å². The Hall–Kier alpha value is -2.27. The molecule has 0 bridgehead atoms. The predicted molar refractivity (Wildman–Crippen MR) is 138 cm³/mol. The third-order valence-electron chi connectivity index (χ3n) is 6.38. The fraction of sp³-hybridized carbons (Fsp3) is 0.500. The van der Waals surface area contributed by atoms with Crippen molar-refractivity contribution in [2.75, 3.05) is 5.75 Å². The van der Waals surface area contributed by atoms with Crippen LogP contribution in [-0.2, 0) is 21.9 Å². The van der Waals surface area contributed by atoms with Gasteiger partial charge in [-0.1, -0.05) is 86.3 Å². The van der Waals surface area contributed by atoms with Gasteiger partial charge in [-0.15, -0.1) is 0 Å². The predicted octanol–water partition coefficient (Wildman–Crippen LogP) is 5.87. The van der Waals surface area contributed by atoms with Crippen molar-refractivity contribution in [1.82, 2.24) is 10.2 Å². The standard InChI is InChI=1S/C28H38N2O2S/c1-3-26(28(32)29-25-12-8-5-9-13-25)30(20-23-16-14-22(2)15-17-23)27(31)18-19-33-21-24-10-6-4-7-11-24/h4,6-7,10-11,14-17,25-26H,3,5,8-9,12-13,18-21H2,1-2H3,(H,29,32). The molecule has 5 heteroatoms. The molecule has 0 spiro atoms. The Bertz CT molecular complexity index is 863. The highest BCUT2D eigenvalue weighted by Crippen LogP contribution is 2.20. The minimum absolute atomic E-state index is 0.00167. The Kier molecular flexibility index (Phi) is 10.3. The molecular formula is C28H38N2O2S. The summed E-state index contributed by atoms with van der Waals surface area (Å²) < 4.78 is 0. The number of nitrogens with zero attached hydrogens (tertiary/aromatic N) is 1. The van der Waals surface area contributed by atoms with Gasteiger partial charge >= 0.3 is 0 Å². The summed E-state index contributed by atoms with van der Waals surface area (Å²) in [5.41, 5.74) is 3.52. The highest BCUT2D eigenvalue weighted by atomic mass is 32.2. The van der Waals surface area contributed by atoms with Crippen molar-refractivity contribution in [3.63, 3.8) is 0 Å². The Morgan fingerprint density at radius 1 is 1.00 bits per heavy atom. The lowest BCUT2D eigenvalue weighted by atomic mass is 9.95. The molecule has 0 saturated heterocycles. The minimum Gasteiger partial charge on any atom is -0.352 e. The van der Waals surface area contributed by atoms with Crippen molar-refractivity contribution < 1.29 is 9.59 Å². The van der Waals surface area contributed by atoms with Gasteiger partial charge in [-0.2, -0.15) is 11.8 Å². The molecule has 1 atom stereocenters. The van der Waals surface area contributed by atoms with Crippen LogP contribution in [0.4, 0.5) is 0 Å². The van der Waals surface area contributed by atoms with Crippen LogP contribution in [0.2, 0.25) is 0 Å². The molecule has 0 aliphatic heterocycles. The maximum atomic E-state index is 13.4. The lowest BCUT2D eigenvalue weighted by Gasteiger charge is -2.33. The van der Waals surface area contributed by atoms with E-state index in [1.54, 1.807) is 11.8 Å². The van der Waals surface area contributed by atoms with Gasteiger partial charge in [0.1, 0.15) is 6.04 Å². The van der Waals surface area contributed by atoms with Crippen molar-refractivity contribution in [3.05, 3.63) is 71.3 Å². The van der Waals surface area contributed by atoms with Crippen LogP contribution in [0.15, 0.2) is 54.6 Å². The third kappa shape index (κ3) is 8.22. The molecule has 2 aromatic rings. The van der Waals surface area contributed by atoms with Crippen molar-refractivity contribution in [2.45, 2.75) is 83.2 Å². The Morgan fingerprint density at radius 3 is 2.36 bits per heavy atom. The van der Waals surface area contributed by atoms with Crippen LogP contribution in [0.3, 0.4) is 0 Å². The third-order valence-corrected chi connectivity index (χ3v) is 7.41. The second-order valence-corrected chi connectivity index (χ2v) is 10.2. The van der Waals surface area contributed by atoms with Crippen molar-refractivity contribution >= 4 is 23.6 Å². The average molecular weight is 467 g/mol. The number of carbonyl (C=O) groups is 2. The first-order chi connectivity index (χ1) is 16.1. The molecule has 2 amide bonds. The summed E-state index contributed by atoms with van der Waals surface area (Å²) in [6.07, 6.45) is 6.75. The molecule has 1 aliphatic rings. The number of aryl methyl sites for hydroxylation is 1. The Labute approximate surface area is 203 Å². The molecule has 1 fully saturated rings. The second kappa shape index (κ2) is 13.4. The van der Waals surface area contributed by atoms with E-state index < -0.39 is 6.04 Å². The number of amides is 2. The fourth-order valence-electron chi connectivity index (χ4n) is 4.42. The number of hydrogen-bond donors (Lipinski definition) is 1. The molecule has 0 radical (unpaired) electrons. The first kappa shape index (κ1) is 25.4. The number of thioether (sulfide) groups is 1.